The zero-order valence-electron chi connectivity index (χ0n) is 21.6. The van der Waals surface area contributed by atoms with Gasteiger partial charge >= 0.3 is 0 Å². The Kier molecular flexibility index (Phi) is 19.3. The molecule has 8 heteroatoms. The Morgan fingerprint density at radius 2 is 0.946 bits per heavy atom. The lowest BCUT2D eigenvalue weighted by Crippen LogP contribution is -2.21. The van der Waals surface area contributed by atoms with Gasteiger partial charge in [-0.15, -0.1) is 49.6 Å². The van der Waals surface area contributed by atoms with Gasteiger partial charge in [0, 0.05) is 6.54 Å². The zero-order valence-corrected chi connectivity index (χ0v) is 24.9. The van der Waals surface area contributed by atoms with Crippen molar-refractivity contribution in [2.24, 2.45) is 5.73 Å². The van der Waals surface area contributed by atoms with Gasteiger partial charge in [0.25, 0.3) is 0 Å². The Bertz CT molecular complexity index is 1110. The fraction of sp³-hybridized carbons (Fsp3) is 0.448. The van der Waals surface area contributed by atoms with Gasteiger partial charge in [0.15, 0.2) is 0 Å². The first-order valence-electron chi connectivity index (χ1n) is 12.9. The van der Waals surface area contributed by atoms with E-state index in [2.05, 4.69) is 70.5 Å². The van der Waals surface area contributed by atoms with Crippen LogP contribution in [0.5, 0.6) is 0 Å². The number of hydrogen-bond acceptors (Lipinski definition) is 4. The third kappa shape index (κ3) is 10.2. The van der Waals surface area contributed by atoms with E-state index < -0.39 is 0 Å². The van der Waals surface area contributed by atoms with Crippen molar-refractivity contribution in [3.05, 3.63) is 60.2 Å². The molecular formula is C29H44Cl4N4. The number of hydrogen-bond donors (Lipinski definition) is 4. The molecule has 0 fully saturated rings. The summed E-state index contributed by atoms with van der Waals surface area (Å²) in [6.07, 6.45) is 7.25. The SMILES string of the molecule is Cl.Cl.Cl.Cl.NCCCCNCCCCNCCCCNCc1ccc2ccc3cccc4ccc1c2c34. The van der Waals surface area contributed by atoms with E-state index in [4.69, 9.17) is 5.73 Å². The molecule has 0 atom stereocenters. The quantitative estimate of drug-likeness (QED) is 0.0853. The van der Waals surface area contributed by atoms with Crippen molar-refractivity contribution in [2.75, 3.05) is 39.3 Å². The van der Waals surface area contributed by atoms with E-state index in [0.717, 1.165) is 52.2 Å². The molecule has 4 aromatic carbocycles. The Hall–Kier alpha value is -1.08. The Labute approximate surface area is 247 Å². The summed E-state index contributed by atoms with van der Waals surface area (Å²) in [5.41, 5.74) is 6.91. The lowest BCUT2D eigenvalue weighted by atomic mass is 9.92. The van der Waals surface area contributed by atoms with Crippen molar-refractivity contribution in [1.82, 2.24) is 16.0 Å². The van der Waals surface area contributed by atoms with E-state index in [1.54, 1.807) is 0 Å². The van der Waals surface area contributed by atoms with Crippen LogP contribution in [-0.2, 0) is 6.54 Å². The van der Waals surface area contributed by atoms with E-state index in [1.807, 2.05) is 0 Å². The zero-order chi connectivity index (χ0) is 22.7. The number of rotatable bonds is 16. The van der Waals surface area contributed by atoms with Crippen molar-refractivity contribution >= 4 is 81.9 Å². The number of unbranched alkanes of at least 4 members (excludes halogenated alkanes) is 3. The molecule has 4 nitrogen and oxygen atoms in total. The van der Waals surface area contributed by atoms with Crippen molar-refractivity contribution in [2.45, 2.75) is 45.1 Å². The van der Waals surface area contributed by atoms with E-state index >= 15 is 0 Å². The molecule has 0 aromatic heterocycles. The molecule has 4 rings (SSSR count). The molecule has 208 valence electrons. The highest BCUT2D eigenvalue weighted by Gasteiger charge is 2.10. The molecule has 4 aromatic rings. The number of nitrogens with two attached hydrogens (primary N) is 1. The summed E-state index contributed by atoms with van der Waals surface area (Å²) in [6.45, 7) is 7.27. The molecule has 0 bridgehead atoms. The highest BCUT2D eigenvalue weighted by Crippen LogP contribution is 2.35. The second kappa shape index (κ2) is 19.9. The first-order chi connectivity index (χ1) is 16.4. The minimum atomic E-state index is 0. The van der Waals surface area contributed by atoms with Crippen molar-refractivity contribution in [3.8, 4) is 0 Å². The maximum Gasteiger partial charge on any atom is 0.0211 e. The fourth-order valence-electron chi connectivity index (χ4n) is 4.82. The molecule has 5 N–H and O–H groups in total. The normalized spacial score (nSPS) is 10.6. The summed E-state index contributed by atoms with van der Waals surface area (Å²) >= 11 is 0. The number of halogens is 4. The van der Waals surface area contributed by atoms with Crippen molar-refractivity contribution in [1.29, 1.82) is 0 Å². The number of benzene rings is 4. The van der Waals surface area contributed by atoms with Gasteiger partial charge in [0.05, 0.1) is 0 Å². The largest absolute Gasteiger partial charge is 0.330 e. The summed E-state index contributed by atoms with van der Waals surface area (Å²) in [6, 6.07) is 20.3. The van der Waals surface area contributed by atoms with Crippen LogP contribution in [0.25, 0.3) is 32.3 Å². The average molecular weight is 591 g/mol. The van der Waals surface area contributed by atoms with E-state index in [-0.39, 0.29) is 49.6 Å². The molecule has 0 unspecified atom stereocenters. The van der Waals surface area contributed by atoms with E-state index in [0.29, 0.717) is 0 Å². The van der Waals surface area contributed by atoms with Crippen molar-refractivity contribution in [3.63, 3.8) is 0 Å². The van der Waals surface area contributed by atoms with Gasteiger partial charge in [-0.1, -0.05) is 54.6 Å². The summed E-state index contributed by atoms with van der Waals surface area (Å²) in [7, 11) is 0. The first kappa shape index (κ1) is 35.9. The molecule has 0 amide bonds. The molecule has 0 radical (unpaired) electrons. The van der Waals surface area contributed by atoms with Crippen LogP contribution < -0.4 is 21.7 Å². The summed E-state index contributed by atoms with van der Waals surface area (Å²) in [5.74, 6) is 0. The van der Waals surface area contributed by atoms with Crippen LogP contribution in [0.3, 0.4) is 0 Å². The van der Waals surface area contributed by atoms with Crippen LogP contribution in [-0.4, -0.2) is 39.3 Å². The molecule has 0 heterocycles. The molecule has 0 aliphatic carbocycles. The summed E-state index contributed by atoms with van der Waals surface area (Å²) in [5, 5.41) is 19.0. The van der Waals surface area contributed by atoms with Gasteiger partial charge in [-0.25, -0.2) is 0 Å². The lowest BCUT2D eigenvalue weighted by molar-refractivity contribution is 0.548. The molecule has 0 spiro atoms. The smallest absolute Gasteiger partial charge is 0.0211 e. The maximum atomic E-state index is 5.51. The minimum absolute atomic E-state index is 0. The van der Waals surface area contributed by atoms with Crippen LogP contribution in [0.1, 0.15) is 44.1 Å². The van der Waals surface area contributed by atoms with Gasteiger partial charge < -0.3 is 21.7 Å². The molecule has 0 saturated heterocycles. The standard InChI is InChI=1S/C29H40N4.4ClH/c30-16-1-2-17-31-18-3-4-19-32-20-5-6-21-33-22-26-13-12-25-11-10-23-8-7-9-24-14-15-27(26)29(25)28(23)24;;;;/h7-15,31-33H,1-6,16-22,30H2;4*1H. The molecule has 0 aliphatic heterocycles. The first-order valence-corrected chi connectivity index (χ1v) is 12.9. The monoisotopic (exact) mass is 588 g/mol. The topological polar surface area (TPSA) is 62.1 Å². The van der Waals surface area contributed by atoms with Crippen LogP contribution in [0.2, 0.25) is 0 Å². The Morgan fingerprint density at radius 1 is 0.486 bits per heavy atom. The second-order valence-electron chi connectivity index (χ2n) is 9.17. The van der Waals surface area contributed by atoms with Crippen LogP contribution in [0, 0.1) is 0 Å². The van der Waals surface area contributed by atoms with Crippen LogP contribution in [0.4, 0.5) is 0 Å². The maximum absolute atomic E-state index is 5.51. The van der Waals surface area contributed by atoms with Gasteiger partial charge in [-0.3, -0.25) is 0 Å². The van der Waals surface area contributed by atoms with E-state index in [1.165, 1.54) is 70.0 Å². The summed E-state index contributed by atoms with van der Waals surface area (Å²) < 4.78 is 0. The van der Waals surface area contributed by atoms with Gasteiger partial charge in [-0.2, -0.15) is 0 Å². The second-order valence-corrected chi connectivity index (χ2v) is 9.17. The minimum Gasteiger partial charge on any atom is -0.330 e. The highest BCUT2D eigenvalue weighted by atomic mass is 35.5. The third-order valence-corrected chi connectivity index (χ3v) is 6.66. The predicted octanol–water partition coefficient (Wildman–Crippen LogP) is 6.84. The van der Waals surface area contributed by atoms with Crippen LogP contribution >= 0.6 is 49.6 Å². The number of nitrogens with one attached hydrogen (secondary N) is 3. The van der Waals surface area contributed by atoms with Crippen molar-refractivity contribution < 1.29 is 0 Å². The Balaban J connectivity index is 0.00000324. The summed E-state index contributed by atoms with van der Waals surface area (Å²) in [4.78, 5) is 0. The highest BCUT2D eigenvalue weighted by molar-refractivity contribution is 6.23. The molecular weight excluding hydrogens is 546 g/mol. The third-order valence-electron chi connectivity index (χ3n) is 6.66. The average Bonchev–Trinajstić information content (AvgIpc) is 2.85. The molecule has 37 heavy (non-hydrogen) atoms. The van der Waals surface area contributed by atoms with Crippen LogP contribution in [0.15, 0.2) is 54.6 Å². The molecule has 0 aliphatic rings. The predicted molar refractivity (Wildman–Crippen MR) is 173 cm³/mol. The van der Waals surface area contributed by atoms with E-state index in [9.17, 15) is 0 Å². The van der Waals surface area contributed by atoms with Gasteiger partial charge in [0.1, 0.15) is 0 Å². The van der Waals surface area contributed by atoms with Gasteiger partial charge in [-0.05, 0) is 116 Å². The lowest BCUT2D eigenvalue weighted by Gasteiger charge is -2.14. The van der Waals surface area contributed by atoms with Gasteiger partial charge in [0.2, 0.25) is 0 Å². The molecule has 0 saturated carbocycles. The Morgan fingerprint density at radius 3 is 1.51 bits per heavy atom. The fourth-order valence-corrected chi connectivity index (χ4v) is 4.82.